The molecule has 2 N–H and O–H groups in total. The Morgan fingerprint density at radius 1 is 1.19 bits per heavy atom. The molecule has 0 amide bonds. The van der Waals surface area contributed by atoms with E-state index < -0.39 is 0 Å². The van der Waals surface area contributed by atoms with Crippen LogP contribution in [0.25, 0.3) is 5.57 Å². The van der Waals surface area contributed by atoms with Crippen molar-refractivity contribution in [1.29, 1.82) is 0 Å². The maximum Gasteiger partial charge on any atom is 0.0319 e. The van der Waals surface area contributed by atoms with E-state index in [1.807, 2.05) is 0 Å². The lowest BCUT2D eigenvalue weighted by Crippen LogP contribution is -2.39. The maximum atomic E-state index is 6.11. The zero-order valence-corrected chi connectivity index (χ0v) is 18.3. The van der Waals surface area contributed by atoms with Crippen LogP contribution in [-0.2, 0) is 13.0 Å². The standard InChI is InChI=1S/C24H37N3/c1-17(2)12-18(3)19(4)13-23-15-22(14-20(5)24(23)16-25)21-8-10-27(11-9-21)26(6)7/h8,12,14-15H,9-11,13,16,25H2,1-7H3/b19-18+. The fourth-order valence-corrected chi connectivity index (χ4v) is 3.79. The number of nitrogens with zero attached hydrogens (tertiary/aromatic N) is 2. The number of hydrogen-bond acceptors (Lipinski definition) is 3. The van der Waals surface area contributed by atoms with Crippen LogP contribution in [0.5, 0.6) is 0 Å². The fraction of sp³-hybridized carbons (Fsp3) is 0.500. The molecule has 2 rings (SSSR count). The Labute approximate surface area is 166 Å². The summed E-state index contributed by atoms with van der Waals surface area (Å²) in [4.78, 5) is 0. The van der Waals surface area contributed by atoms with Gasteiger partial charge in [0.1, 0.15) is 0 Å². The van der Waals surface area contributed by atoms with Gasteiger partial charge in [-0.1, -0.05) is 41.0 Å². The van der Waals surface area contributed by atoms with Crippen LogP contribution in [0.15, 0.2) is 41.0 Å². The van der Waals surface area contributed by atoms with Gasteiger partial charge in [-0.05, 0) is 75.3 Å². The van der Waals surface area contributed by atoms with Gasteiger partial charge in [0.25, 0.3) is 0 Å². The van der Waals surface area contributed by atoms with Gasteiger partial charge in [0.05, 0.1) is 0 Å². The van der Waals surface area contributed by atoms with Crippen molar-refractivity contribution >= 4 is 5.57 Å². The lowest BCUT2D eigenvalue weighted by atomic mass is 9.89. The SMILES string of the molecule is CC(C)=C/C(C)=C(\C)Cc1cc(C2=CCN(N(C)C)CC2)cc(C)c1CN. The van der Waals surface area contributed by atoms with Crippen LogP contribution in [0, 0.1) is 6.92 Å². The molecule has 0 aromatic heterocycles. The van der Waals surface area contributed by atoms with Crippen molar-refractivity contribution < 1.29 is 0 Å². The first kappa shape index (κ1) is 21.6. The highest BCUT2D eigenvalue weighted by Gasteiger charge is 2.16. The predicted molar refractivity (Wildman–Crippen MR) is 118 cm³/mol. The highest BCUT2D eigenvalue weighted by atomic mass is 15.6. The van der Waals surface area contributed by atoms with Gasteiger partial charge in [0.15, 0.2) is 0 Å². The van der Waals surface area contributed by atoms with E-state index in [2.05, 4.69) is 83.0 Å². The molecule has 0 spiro atoms. The van der Waals surface area contributed by atoms with E-state index in [4.69, 9.17) is 5.73 Å². The minimum atomic E-state index is 0.601. The molecule has 148 valence electrons. The number of aryl methyl sites for hydroxylation is 1. The van der Waals surface area contributed by atoms with Crippen LogP contribution in [0.4, 0.5) is 0 Å². The van der Waals surface area contributed by atoms with Gasteiger partial charge in [-0.3, -0.25) is 0 Å². The molecular formula is C24H37N3. The maximum absolute atomic E-state index is 6.11. The summed E-state index contributed by atoms with van der Waals surface area (Å²) in [7, 11) is 4.22. The number of nitrogens with two attached hydrogens (primary N) is 1. The molecule has 0 fully saturated rings. The smallest absolute Gasteiger partial charge is 0.0319 e. The molecule has 0 saturated carbocycles. The van der Waals surface area contributed by atoms with Crippen molar-refractivity contribution in [3.05, 3.63) is 63.3 Å². The van der Waals surface area contributed by atoms with Gasteiger partial charge < -0.3 is 5.73 Å². The summed E-state index contributed by atoms with van der Waals surface area (Å²) < 4.78 is 0. The van der Waals surface area contributed by atoms with Crippen LogP contribution >= 0.6 is 0 Å². The number of benzene rings is 1. The predicted octanol–water partition coefficient (Wildman–Crippen LogP) is 4.86. The van der Waals surface area contributed by atoms with E-state index in [1.54, 1.807) is 0 Å². The minimum Gasteiger partial charge on any atom is -0.326 e. The summed E-state index contributed by atoms with van der Waals surface area (Å²) in [6, 6.07) is 4.70. The first-order chi connectivity index (χ1) is 12.7. The Balaban J connectivity index is 2.37. The molecule has 1 aliphatic heterocycles. The highest BCUT2D eigenvalue weighted by Crippen LogP contribution is 2.28. The van der Waals surface area contributed by atoms with Gasteiger partial charge in [0, 0.05) is 33.7 Å². The first-order valence-corrected chi connectivity index (χ1v) is 9.98. The minimum absolute atomic E-state index is 0.601. The van der Waals surface area contributed by atoms with Crippen molar-refractivity contribution in [2.75, 3.05) is 27.2 Å². The van der Waals surface area contributed by atoms with Crippen molar-refractivity contribution in [1.82, 2.24) is 10.0 Å². The Bertz CT molecular complexity index is 762. The van der Waals surface area contributed by atoms with Gasteiger partial charge in [-0.25, -0.2) is 10.0 Å². The van der Waals surface area contributed by atoms with E-state index >= 15 is 0 Å². The summed E-state index contributed by atoms with van der Waals surface area (Å²) in [5, 5.41) is 4.54. The Hall–Kier alpha value is -1.68. The monoisotopic (exact) mass is 367 g/mol. The molecule has 27 heavy (non-hydrogen) atoms. The van der Waals surface area contributed by atoms with Crippen LogP contribution < -0.4 is 5.73 Å². The topological polar surface area (TPSA) is 32.5 Å². The summed E-state index contributed by atoms with van der Waals surface area (Å²) in [6.45, 7) is 13.6. The summed E-state index contributed by atoms with van der Waals surface area (Å²) >= 11 is 0. The quantitative estimate of drug-likeness (QED) is 0.729. The van der Waals surface area contributed by atoms with Crippen molar-refractivity contribution in [2.24, 2.45) is 5.73 Å². The molecule has 3 heteroatoms. The third-order valence-electron chi connectivity index (χ3n) is 5.53. The van der Waals surface area contributed by atoms with Crippen LogP contribution in [0.1, 0.15) is 56.4 Å². The second-order valence-corrected chi connectivity index (χ2v) is 8.24. The summed E-state index contributed by atoms with van der Waals surface area (Å²) in [6.07, 6.45) is 6.70. The third kappa shape index (κ3) is 5.65. The zero-order chi connectivity index (χ0) is 20.1. The van der Waals surface area contributed by atoms with Crippen LogP contribution in [0.3, 0.4) is 0 Å². The molecule has 0 unspecified atom stereocenters. The third-order valence-corrected chi connectivity index (χ3v) is 5.53. The molecule has 1 heterocycles. The first-order valence-electron chi connectivity index (χ1n) is 9.98. The molecule has 0 aliphatic carbocycles. The van der Waals surface area contributed by atoms with Crippen molar-refractivity contribution in [3.63, 3.8) is 0 Å². The summed E-state index contributed by atoms with van der Waals surface area (Å²) in [5.41, 5.74) is 17.0. The lowest BCUT2D eigenvalue weighted by molar-refractivity contribution is 0.0375. The molecule has 0 bridgehead atoms. The van der Waals surface area contributed by atoms with E-state index in [0.29, 0.717) is 6.54 Å². The van der Waals surface area contributed by atoms with E-state index in [-0.39, 0.29) is 0 Å². The molecule has 0 saturated heterocycles. The van der Waals surface area contributed by atoms with Gasteiger partial charge in [-0.2, -0.15) is 0 Å². The van der Waals surface area contributed by atoms with Crippen LogP contribution in [0.2, 0.25) is 0 Å². The highest BCUT2D eigenvalue weighted by molar-refractivity contribution is 5.68. The van der Waals surface area contributed by atoms with E-state index in [0.717, 1.165) is 25.9 Å². The molecule has 3 nitrogen and oxygen atoms in total. The zero-order valence-electron chi connectivity index (χ0n) is 18.3. The molecule has 0 atom stereocenters. The van der Waals surface area contributed by atoms with Crippen molar-refractivity contribution in [2.45, 2.75) is 54.0 Å². The second kappa shape index (κ2) is 9.50. The average Bonchev–Trinajstić information content (AvgIpc) is 2.60. The van der Waals surface area contributed by atoms with Crippen LogP contribution in [-0.4, -0.2) is 37.2 Å². The Kier molecular flexibility index (Phi) is 7.60. The number of rotatable bonds is 6. The fourth-order valence-electron chi connectivity index (χ4n) is 3.79. The van der Waals surface area contributed by atoms with Gasteiger partial charge in [-0.15, -0.1) is 0 Å². The molecule has 1 aromatic carbocycles. The lowest BCUT2D eigenvalue weighted by Gasteiger charge is -2.32. The number of hydrogen-bond donors (Lipinski definition) is 1. The van der Waals surface area contributed by atoms with Crippen molar-refractivity contribution in [3.8, 4) is 0 Å². The normalized spacial score (nSPS) is 16.3. The number of allylic oxidation sites excluding steroid dienone is 4. The number of hydrazine groups is 1. The van der Waals surface area contributed by atoms with E-state index in [9.17, 15) is 0 Å². The van der Waals surface area contributed by atoms with Gasteiger partial charge in [0.2, 0.25) is 0 Å². The Morgan fingerprint density at radius 2 is 1.89 bits per heavy atom. The largest absolute Gasteiger partial charge is 0.326 e. The Morgan fingerprint density at radius 3 is 2.41 bits per heavy atom. The van der Waals surface area contributed by atoms with E-state index in [1.165, 1.54) is 44.5 Å². The molecule has 1 aromatic rings. The average molecular weight is 368 g/mol. The molecule has 1 aliphatic rings. The van der Waals surface area contributed by atoms with Gasteiger partial charge >= 0.3 is 0 Å². The molecular weight excluding hydrogens is 330 g/mol. The second-order valence-electron chi connectivity index (χ2n) is 8.24. The summed E-state index contributed by atoms with van der Waals surface area (Å²) in [5.74, 6) is 0. The molecule has 0 radical (unpaired) electrons.